The van der Waals surface area contributed by atoms with E-state index in [-0.39, 0.29) is 12.5 Å². The second-order valence-corrected chi connectivity index (χ2v) is 5.86. The van der Waals surface area contributed by atoms with E-state index in [1.54, 1.807) is 4.90 Å². The maximum Gasteiger partial charge on any atom is 0.235 e. The first-order chi connectivity index (χ1) is 8.57. The highest BCUT2D eigenvalue weighted by Crippen LogP contribution is 2.29. The van der Waals surface area contributed by atoms with Gasteiger partial charge in [0.05, 0.1) is 19.8 Å². The zero-order valence-corrected chi connectivity index (χ0v) is 11.4. The number of hydrogen-bond acceptors (Lipinski definition) is 4. The molecular weight excluding hydrogens is 232 g/mol. The molecule has 2 aliphatic heterocycles. The number of aliphatic hydroxyl groups excluding tert-OH is 1. The Kier molecular flexibility index (Phi) is 4.25. The highest BCUT2D eigenvalue weighted by molar-refractivity contribution is 5.83. The van der Waals surface area contributed by atoms with Crippen LogP contribution in [0.1, 0.15) is 12.8 Å². The fourth-order valence-electron chi connectivity index (χ4n) is 2.78. The van der Waals surface area contributed by atoms with Crippen molar-refractivity contribution in [1.82, 2.24) is 9.80 Å². The van der Waals surface area contributed by atoms with Crippen LogP contribution >= 0.6 is 0 Å². The lowest BCUT2D eigenvalue weighted by Gasteiger charge is -2.40. The van der Waals surface area contributed by atoms with Crippen LogP contribution in [0.25, 0.3) is 0 Å². The predicted octanol–water partition coefficient (Wildman–Crippen LogP) is -0.204. The molecular formula is C13H24N2O3. The Morgan fingerprint density at radius 1 is 1.56 bits per heavy atom. The average Bonchev–Trinajstić information content (AvgIpc) is 2.71. The molecule has 0 radical (unpaired) electrons. The number of nitrogens with zero attached hydrogens (tertiary/aromatic N) is 2. The van der Waals surface area contributed by atoms with E-state index >= 15 is 0 Å². The minimum absolute atomic E-state index is 0.0302. The van der Waals surface area contributed by atoms with Crippen LogP contribution in [0, 0.1) is 11.3 Å². The molecule has 1 atom stereocenters. The molecule has 0 aromatic rings. The van der Waals surface area contributed by atoms with Gasteiger partial charge in [0.2, 0.25) is 5.91 Å². The van der Waals surface area contributed by atoms with E-state index in [9.17, 15) is 9.90 Å². The van der Waals surface area contributed by atoms with Gasteiger partial charge in [0.1, 0.15) is 5.41 Å². The third kappa shape index (κ3) is 2.68. The van der Waals surface area contributed by atoms with Crippen molar-refractivity contribution in [3.63, 3.8) is 0 Å². The number of likely N-dealkylation sites (tertiary alicyclic amines) is 1. The van der Waals surface area contributed by atoms with Crippen LogP contribution in [-0.2, 0) is 9.53 Å². The average molecular weight is 256 g/mol. The molecule has 5 nitrogen and oxygen atoms in total. The van der Waals surface area contributed by atoms with Crippen molar-refractivity contribution in [3.05, 3.63) is 0 Å². The molecule has 18 heavy (non-hydrogen) atoms. The zero-order chi connectivity index (χ0) is 13.2. The molecule has 2 fully saturated rings. The molecule has 2 aliphatic rings. The standard InChI is InChI=1S/C13H24N2O3/c1-14-5-3-11(7-14)4-6-15(2)12(17)13(8-16)9-18-10-13/h11,16H,3-10H2,1-2H3. The largest absolute Gasteiger partial charge is 0.395 e. The first-order valence-electron chi connectivity index (χ1n) is 6.70. The number of aliphatic hydroxyl groups is 1. The topological polar surface area (TPSA) is 53.0 Å². The predicted molar refractivity (Wildman–Crippen MR) is 68.2 cm³/mol. The van der Waals surface area contributed by atoms with Gasteiger partial charge in [-0.3, -0.25) is 4.79 Å². The molecule has 0 aliphatic carbocycles. The highest BCUT2D eigenvalue weighted by Gasteiger charge is 2.46. The van der Waals surface area contributed by atoms with E-state index in [0.717, 1.165) is 26.1 Å². The minimum Gasteiger partial charge on any atom is -0.395 e. The maximum absolute atomic E-state index is 12.2. The molecule has 1 unspecified atom stereocenters. The normalized spacial score (nSPS) is 26.9. The SMILES string of the molecule is CN1CCC(CCN(C)C(=O)C2(CO)COC2)C1. The monoisotopic (exact) mass is 256 g/mol. The van der Waals surface area contributed by atoms with Gasteiger partial charge >= 0.3 is 0 Å². The lowest BCUT2D eigenvalue weighted by atomic mass is 9.85. The van der Waals surface area contributed by atoms with Crippen molar-refractivity contribution in [3.8, 4) is 0 Å². The summed E-state index contributed by atoms with van der Waals surface area (Å²) in [5.41, 5.74) is -0.652. The molecule has 0 aromatic carbocycles. The van der Waals surface area contributed by atoms with E-state index in [4.69, 9.17) is 4.74 Å². The minimum atomic E-state index is -0.652. The zero-order valence-electron chi connectivity index (χ0n) is 11.4. The van der Waals surface area contributed by atoms with Crippen molar-refractivity contribution >= 4 is 5.91 Å². The van der Waals surface area contributed by atoms with E-state index < -0.39 is 5.41 Å². The quantitative estimate of drug-likeness (QED) is 0.740. The molecule has 0 spiro atoms. The number of ether oxygens (including phenoxy) is 1. The molecule has 2 rings (SSSR count). The Morgan fingerprint density at radius 3 is 2.72 bits per heavy atom. The van der Waals surface area contributed by atoms with Gasteiger partial charge in [-0.25, -0.2) is 0 Å². The van der Waals surface area contributed by atoms with E-state index in [2.05, 4.69) is 11.9 Å². The van der Waals surface area contributed by atoms with Crippen LogP contribution in [0.5, 0.6) is 0 Å². The van der Waals surface area contributed by atoms with Crippen LogP contribution in [0.4, 0.5) is 0 Å². The first kappa shape index (κ1) is 13.8. The molecule has 0 saturated carbocycles. The number of rotatable bonds is 5. The molecule has 1 N–H and O–H groups in total. The Hall–Kier alpha value is -0.650. The van der Waals surface area contributed by atoms with Crippen molar-refractivity contribution in [2.75, 3.05) is 53.6 Å². The number of amides is 1. The number of carbonyl (C=O) groups excluding carboxylic acids is 1. The van der Waals surface area contributed by atoms with Gasteiger partial charge in [-0.05, 0) is 32.4 Å². The van der Waals surface area contributed by atoms with Crippen molar-refractivity contribution in [1.29, 1.82) is 0 Å². The Labute approximate surface area is 109 Å². The van der Waals surface area contributed by atoms with Gasteiger partial charge in [0.25, 0.3) is 0 Å². The van der Waals surface area contributed by atoms with Crippen LogP contribution < -0.4 is 0 Å². The third-order valence-corrected chi connectivity index (χ3v) is 4.22. The summed E-state index contributed by atoms with van der Waals surface area (Å²) in [6.45, 7) is 3.69. The van der Waals surface area contributed by atoms with Gasteiger partial charge in [0.15, 0.2) is 0 Å². The fourth-order valence-corrected chi connectivity index (χ4v) is 2.78. The van der Waals surface area contributed by atoms with Gasteiger partial charge in [-0.1, -0.05) is 0 Å². The molecule has 5 heteroatoms. The molecule has 2 heterocycles. The molecule has 0 bridgehead atoms. The van der Waals surface area contributed by atoms with Gasteiger partial charge < -0.3 is 19.6 Å². The highest BCUT2D eigenvalue weighted by atomic mass is 16.5. The lowest BCUT2D eigenvalue weighted by Crippen LogP contribution is -2.56. The smallest absolute Gasteiger partial charge is 0.235 e. The summed E-state index contributed by atoms with van der Waals surface area (Å²) in [7, 11) is 3.97. The van der Waals surface area contributed by atoms with Crippen LogP contribution in [-0.4, -0.2) is 74.4 Å². The summed E-state index contributed by atoms with van der Waals surface area (Å²) in [6.07, 6.45) is 2.28. The fraction of sp³-hybridized carbons (Fsp3) is 0.923. The number of carbonyl (C=O) groups is 1. The van der Waals surface area contributed by atoms with Crippen molar-refractivity contribution in [2.45, 2.75) is 12.8 Å². The second kappa shape index (κ2) is 5.55. The summed E-state index contributed by atoms with van der Waals surface area (Å²) in [5.74, 6) is 0.732. The van der Waals surface area contributed by atoms with E-state index in [0.29, 0.717) is 19.1 Å². The molecule has 0 aromatic heterocycles. The number of hydrogen-bond donors (Lipinski definition) is 1. The van der Waals surface area contributed by atoms with E-state index in [1.807, 2.05) is 7.05 Å². The Bertz CT molecular complexity index is 299. The van der Waals surface area contributed by atoms with Gasteiger partial charge in [-0.15, -0.1) is 0 Å². The third-order valence-electron chi connectivity index (χ3n) is 4.22. The molecule has 104 valence electrons. The lowest BCUT2D eigenvalue weighted by molar-refractivity contribution is -0.179. The Balaban J connectivity index is 1.77. The first-order valence-corrected chi connectivity index (χ1v) is 6.70. The van der Waals surface area contributed by atoms with Gasteiger partial charge in [-0.2, -0.15) is 0 Å². The van der Waals surface area contributed by atoms with Crippen LogP contribution in [0.3, 0.4) is 0 Å². The summed E-state index contributed by atoms with van der Waals surface area (Å²) < 4.78 is 5.08. The Morgan fingerprint density at radius 2 is 2.28 bits per heavy atom. The summed E-state index contributed by atoms with van der Waals surface area (Å²) in [5, 5.41) is 9.34. The van der Waals surface area contributed by atoms with Crippen molar-refractivity contribution < 1.29 is 14.6 Å². The molecule has 2 saturated heterocycles. The molecule has 1 amide bonds. The van der Waals surface area contributed by atoms with Crippen LogP contribution in [0.2, 0.25) is 0 Å². The van der Waals surface area contributed by atoms with Crippen molar-refractivity contribution in [2.24, 2.45) is 11.3 Å². The van der Waals surface area contributed by atoms with Gasteiger partial charge in [0, 0.05) is 20.1 Å². The summed E-state index contributed by atoms with van der Waals surface area (Å²) in [4.78, 5) is 16.3. The maximum atomic E-state index is 12.2. The summed E-state index contributed by atoms with van der Waals surface area (Å²) in [6, 6.07) is 0. The summed E-state index contributed by atoms with van der Waals surface area (Å²) >= 11 is 0. The van der Waals surface area contributed by atoms with Crippen LogP contribution in [0.15, 0.2) is 0 Å². The second-order valence-electron chi connectivity index (χ2n) is 5.86. The van der Waals surface area contributed by atoms with E-state index in [1.165, 1.54) is 6.42 Å².